The molecule has 0 aromatic heterocycles. The second-order valence-electron chi connectivity index (χ2n) is 28.7. The van der Waals surface area contributed by atoms with Crippen molar-refractivity contribution in [1.82, 2.24) is 19.6 Å². The lowest BCUT2D eigenvalue weighted by atomic mass is 9.80. The molecule has 0 bridgehead atoms. The molecular formula is C76H108N4O12S2. The van der Waals surface area contributed by atoms with Crippen molar-refractivity contribution >= 4 is 45.5 Å². The second-order valence-corrected chi connectivity index (χ2v) is 28.7. The van der Waals surface area contributed by atoms with Crippen LogP contribution in [0, 0.1) is 47.3 Å². The van der Waals surface area contributed by atoms with Gasteiger partial charge in [0.1, 0.15) is 23.1 Å². The van der Waals surface area contributed by atoms with Crippen LogP contribution in [0.3, 0.4) is 0 Å². The smallest absolute Gasteiger partial charge is 0.161 e. The van der Waals surface area contributed by atoms with Gasteiger partial charge < -0.3 is 37.9 Å². The average Bonchev–Trinajstić information content (AvgIpc) is 0.793. The van der Waals surface area contributed by atoms with Crippen molar-refractivity contribution in [1.29, 1.82) is 0 Å². The fraction of sp³-hybridized carbons (Fsp3) is 0.632. The first-order valence-corrected chi connectivity index (χ1v) is 35.7. The highest BCUT2D eigenvalue weighted by Gasteiger charge is 2.43. The van der Waals surface area contributed by atoms with Crippen LogP contribution in [0.5, 0.6) is 46.0 Å². The van der Waals surface area contributed by atoms with Gasteiger partial charge in [0.05, 0.1) is 56.9 Å². The molecule has 0 N–H and O–H groups in total. The molecule has 0 unspecified atom stereocenters. The van der Waals surface area contributed by atoms with Gasteiger partial charge in [0.2, 0.25) is 0 Å². The maximum absolute atomic E-state index is 12.6. The van der Waals surface area contributed by atoms with Crippen LogP contribution in [-0.2, 0) is 67.2 Å². The number of ether oxygens (including phenoxy) is 8. The molecule has 516 valence electrons. The van der Waals surface area contributed by atoms with E-state index in [1.165, 1.54) is 44.5 Å². The number of carbonyl (C=O) groups is 4. The van der Waals surface area contributed by atoms with Gasteiger partial charge in [0.25, 0.3) is 0 Å². The predicted octanol–water partition coefficient (Wildman–Crippen LogP) is 12.9. The summed E-state index contributed by atoms with van der Waals surface area (Å²) in [6.07, 6.45) is 10.5. The molecule has 4 aromatic carbocycles. The Hall–Kier alpha value is -5.76. The zero-order valence-corrected chi connectivity index (χ0v) is 60.8. The van der Waals surface area contributed by atoms with Crippen LogP contribution >= 0.6 is 0 Å². The lowest BCUT2D eigenvalue weighted by Crippen LogP contribution is -2.46. The van der Waals surface area contributed by atoms with Crippen LogP contribution in [0.4, 0.5) is 0 Å². The van der Waals surface area contributed by atoms with E-state index >= 15 is 0 Å². The van der Waals surface area contributed by atoms with E-state index in [2.05, 4.69) is 146 Å². The van der Waals surface area contributed by atoms with E-state index in [0.29, 0.717) is 72.5 Å². The third-order valence-corrected chi connectivity index (χ3v) is 20.7. The number of hydrogen-bond acceptors (Lipinski definition) is 18. The van der Waals surface area contributed by atoms with Gasteiger partial charge in [0.15, 0.2) is 46.0 Å². The van der Waals surface area contributed by atoms with Gasteiger partial charge in [0, 0.05) is 148 Å². The number of fused-ring (bicyclic) bond motifs is 12. The van der Waals surface area contributed by atoms with Gasteiger partial charge in [-0.15, -0.1) is 0 Å². The average molecular weight is 1330 g/mol. The highest BCUT2D eigenvalue weighted by Crippen LogP contribution is 2.47. The Bertz CT molecular complexity index is 2840. The molecular weight excluding hydrogens is 1220 g/mol. The minimum Gasteiger partial charge on any atom is -0.493 e. The van der Waals surface area contributed by atoms with Crippen molar-refractivity contribution in [2.24, 2.45) is 47.3 Å². The molecule has 16 nitrogen and oxygen atoms in total. The van der Waals surface area contributed by atoms with Gasteiger partial charge in [-0.1, -0.05) is 55.4 Å². The highest BCUT2D eigenvalue weighted by molar-refractivity contribution is 8.07. The van der Waals surface area contributed by atoms with E-state index in [1.807, 2.05) is 0 Å². The summed E-state index contributed by atoms with van der Waals surface area (Å²) in [5.41, 5.74) is 10.1. The Labute approximate surface area is 571 Å². The summed E-state index contributed by atoms with van der Waals surface area (Å²) in [4.78, 5) is 60.3. The van der Waals surface area contributed by atoms with Crippen LogP contribution in [-0.4, -0.2) is 152 Å². The number of rotatable bonds is 16. The number of ketones is 4. The number of methoxy groups -OCH3 is 8. The van der Waals surface area contributed by atoms with E-state index in [0.717, 1.165) is 150 Å². The summed E-state index contributed by atoms with van der Waals surface area (Å²) in [6.45, 7) is 25.3. The second kappa shape index (κ2) is 34.0. The minimum absolute atomic E-state index is 0.202. The number of benzene rings is 4. The summed E-state index contributed by atoms with van der Waals surface area (Å²) < 4.78 is 43.5. The molecule has 8 aliphatic heterocycles. The largest absolute Gasteiger partial charge is 0.493 e. The summed E-state index contributed by atoms with van der Waals surface area (Å²) in [5.74, 6) is 10.9. The monoisotopic (exact) mass is 1330 g/mol. The molecule has 8 aliphatic rings. The molecule has 94 heavy (non-hydrogen) atoms. The first-order valence-electron chi connectivity index (χ1n) is 34.4. The fourth-order valence-electron chi connectivity index (χ4n) is 16.2. The first kappa shape index (κ1) is 74.0. The van der Waals surface area contributed by atoms with Crippen molar-refractivity contribution in [3.8, 4) is 46.0 Å². The Balaban J connectivity index is 0.000000159. The standard InChI is InChI=1S/4C19H27NO3.S2/c4*1-12(2)7-14-11-20-6-5-13-8-18(22-3)19(23-4)9-15(13)16(20)10-17(14)21;1-2/h4*8-9,12,14,16H,5-7,10-11H2,1-4H3;/t2*14-,16+;2*14-,16-;/m1010./s1. The molecule has 0 amide bonds. The number of piperidine rings is 4. The topological polar surface area (TPSA) is 155 Å². The van der Waals surface area contributed by atoms with Crippen molar-refractivity contribution in [3.05, 3.63) is 93.0 Å². The molecule has 4 fully saturated rings. The number of hydrogen-bond donors (Lipinski definition) is 0. The Kier molecular flexibility index (Phi) is 26.7. The van der Waals surface area contributed by atoms with E-state index in [-0.39, 0.29) is 47.8 Å². The third-order valence-electron chi connectivity index (χ3n) is 20.7. The zero-order valence-electron chi connectivity index (χ0n) is 59.2. The molecule has 12 rings (SSSR count). The molecule has 0 aliphatic carbocycles. The van der Waals surface area contributed by atoms with Crippen molar-refractivity contribution in [3.63, 3.8) is 0 Å². The maximum Gasteiger partial charge on any atom is 0.161 e. The normalized spacial score (nSPS) is 23.8. The SMILES string of the molecule is COc1cc2c(cc1OC)[C@@H]1CC(=O)[C@@H](CC(C)C)CN1CC2.COc1cc2c(cc1OC)[C@@H]1CC(=O)[C@H](CC(C)C)CN1CC2.COc1cc2c(cc1OC)[C@H]1CC(=O)[C@@H](CC(C)C)CN1CC2.COc1cc2c(cc1OC)[C@H]1CC(=O)[C@H](CC(C)C)CN1CC2.S=S. The van der Waals surface area contributed by atoms with Crippen LogP contribution in [0.2, 0.25) is 0 Å². The van der Waals surface area contributed by atoms with E-state index in [1.54, 1.807) is 56.9 Å². The molecule has 4 aromatic rings. The summed E-state index contributed by atoms with van der Waals surface area (Å²) >= 11 is 7.33. The van der Waals surface area contributed by atoms with Gasteiger partial charge in [-0.25, -0.2) is 0 Å². The predicted molar refractivity (Wildman–Crippen MR) is 375 cm³/mol. The molecule has 4 saturated heterocycles. The third kappa shape index (κ3) is 17.3. The molecule has 0 radical (unpaired) electrons. The first-order chi connectivity index (χ1) is 45.1. The molecule has 0 spiro atoms. The van der Waals surface area contributed by atoms with Crippen LogP contribution in [0.25, 0.3) is 0 Å². The lowest BCUT2D eigenvalue weighted by molar-refractivity contribution is -0.130. The molecule has 8 heterocycles. The maximum atomic E-state index is 12.6. The van der Waals surface area contributed by atoms with Crippen LogP contribution in [0.15, 0.2) is 48.5 Å². The number of nitrogens with zero attached hydrogens (tertiary/aromatic N) is 4. The van der Waals surface area contributed by atoms with Crippen molar-refractivity contribution in [2.75, 3.05) is 109 Å². The molecule has 18 heteroatoms. The number of Topliss-reactive ketones (excluding diaryl/α,β-unsaturated/α-hetero) is 4. The summed E-state index contributed by atoms with van der Waals surface area (Å²) in [5, 5.41) is 0. The van der Waals surface area contributed by atoms with Gasteiger partial charge >= 0.3 is 0 Å². The van der Waals surface area contributed by atoms with Crippen LogP contribution in [0.1, 0.15) is 175 Å². The van der Waals surface area contributed by atoms with Crippen molar-refractivity contribution in [2.45, 2.75) is 157 Å². The summed E-state index contributed by atoms with van der Waals surface area (Å²) in [6, 6.07) is 17.4. The van der Waals surface area contributed by atoms with E-state index in [4.69, 9.17) is 37.9 Å². The summed E-state index contributed by atoms with van der Waals surface area (Å²) in [7, 11) is 13.3. The Morgan fingerprint density at radius 1 is 0.319 bits per heavy atom. The van der Waals surface area contributed by atoms with Gasteiger partial charge in [-0.05, 0) is 168 Å². The Morgan fingerprint density at radius 3 is 0.649 bits per heavy atom. The van der Waals surface area contributed by atoms with Crippen molar-refractivity contribution < 1.29 is 57.1 Å². The lowest BCUT2D eigenvalue weighted by Gasteiger charge is -2.43. The van der Waals surface area contributed by atoms with Crippen LogP contribution < -0.4 is 37.9 Å². The highest BCUT2D eigenvalue weighted by atomic mass is 32.8. The van der Waals surface area contributed by atoms with Gasteiger partial charge in [-0.2, -0.15) is 0 Å². The van der Waals surface area contributed by atoms with Gasteiger partial charge in [-0.3, -0.25) is 38.8 Å². The molecule has 0 saturated carbocycles. The fourth-order valence-corrected chi connectivity index (χ4v) is 16.2. The quantitative estimate of drug-likeness (QED) is 0.104. The number of carbonyl (C=O) groups excluding carboxylic acids is 4. The minimum atomic E-state index is 0.202. The molecule has 8 atom stereocenters. The van der Waals surface area contributed by atoms with E-state index in [9.17, 15) is 19.2 Å². The van der Waals surface area contributed by atoms with E-state index < -0.39 is 0 Å². The Morgan fingerprint density at radius 2 is 0.489 bits per heavy atom. The zero-order chi connectivity index (χ0) is 68.2.